The van der Waals surface area contributed by atoms with Crippen LogP contribution in [0.3, 0.4) is 0 Å². The number of thioether (sulfide) groups is 1. The van der Waals surface area contributed by atoms with Crippen molar-refractivity contribution in [2.24, 2.45) is 0 Å². The zero-order valence-corrected chi connectivity index (χ0v) is 24.5. The quantitative estimate of drug-likeness (QED) is 0.173. The van der Waals surface area contributed by atoms with Crippen LogP contribution in [0.1, 0.15) is 39.9 Å². The number of ether oxygens (including phenoxy) is 2. The van der Waals surface area contributed by atoms with Gasteiger partial charge in [-0.15, -0.1) is 32.9 Å². The van der Waals surface area contributed by atoms with Crippen LogP contribution in [0.5, 0.6) is 0 Å². The maximum Gasteiger partial charge on any atom is 0.341 e. The number of amides is 1. The van der Waals surface area contributed by atoms with Gasteiger partial charge in [0.05, 0.1) is 25.5 Å². The third-order valence-corrected chi connectivity index (χ3v) is 9.58. The van der Waals surface area contributed by atoms with Crippen LogP contribution >= 0.6 is 34.4 Å². The Bertz CT molecular complexity index is 1450. The van der Waals surface area contributed by atoms with Gasteiger partial charge in [-0.3, -0.25) is 9.36 Å². The number of esters is 1. The van der Waals surface area contributed by atoms with Gasteiger partial charge in [0.1, 0.15) is 10.6 Å². The number of nitrogens with one attached hydrogen (secondary N) is 1. The second kappa shape index (κ2) is 12.5. The van der Waals surface area contributed by atoms with Crippen molar-refractivity contribution >= 4 is 51.3 Å². The molecule has 1 aromatic carbocycles. The van der Waals surface area contributed by atoms with Crippen molar-refractivity contribution in [3.8, 4) is 22.5 Å². The zero-order valence-electron chi connectivity index (χ0n) is 22.1. The van der Waals surface area contributed by atoms with Gasteiger partial charge in [0.15, 0.2) is 11.0 Å². The molecule has 1 aliphatic heterocycles. The molecule has 1 atom stereocenters. The lowest BCUT2D eigenvalue weighted by Crippen LogP contribution is -2.18. The van der Waals surface area contributed by atoms with Gasteiger partial charge in [0.2, 0.25) is 5.91 Å². The summed E-state index contributed by atoms with van der Waals surface area (Å²) in [5.41, 5.74) is 3.08. The third-order valence-electron chi connectivity index (χ3n) is 6.51. The molecule has 39 heavy (non-hydrogen) atoms. The van der Waals surface area contributed by atoms with E-state index in [1.807, 2.05) is 37.3 Å². The summed E-state index contributed by atoms with van der Waals surface area (Å²) < 4.78 is 13.0. The largest absolute Gasteiger partial charge is 0.465 e. The highest BCUT2D eigenvalue weighted by molar-refractivity contribution is 7.99. The minimum absolute atomic E-state index is 0.102. The van der Waals surface area contributed by atoms with Crippen molar-refractivity contribution in [2.45, 2.75) is 50.9 Å². The second-order valence-corrected chi connectivity index (χ2v) is 12.3. The summed E-state index contributed by atoms with van der Waals surface area (Å²) in [5.74, 6) is 0.192. The van der Waals surface area contributed by atoms with Gasteiger partial charge in [-0.1, -0.05) is 49.0 Å². The Hall–Kier alpha value is -2.99. The van der Waals surface area contributed by atoms with Gasteiger partial charge in [-0.05, 0) is 37.8 Å². The molecule has 8 nitrogen and oxygen atoms in total. The first-order chi connectivity index (χ1) is 19.0. The van der Waals surface area contributed by atoms with Crippen molar-refractivity contribution in [1.29, 1.82) is 0 Å². The highest BCUT2D eigenvalue weighted by Crippen LogP contribution is 2.40. The molecule has 0 bridgehead atoms. The number of anilines is 1. The predicted octanol–water partition coefficient (Wildman–Crippen LogP) is 6.30. The normalized spacial score (nSPS) is 15.0. The molecule has 4 aromatic rings. The Morgan fingerprint density at radius 2 is 2.05 bits per heavy atom. The standard InChI is InChI=1S/C28H30N4O4S3/c1-4-21-13-19(15-37-21)25-30-31-28(32(25)14-20-11-8-12-36-20)38-16-22(33)29-26-24(27(34)35-3)23(17(2)39-26)18-9-6-5-7-10-18/h5-7,9-10,13,15,20H,4,8,11-12,14,16H2,1-3H3,(H,29,33). The Kier molecular flexibility index (Phi) is 8.81. The average Bonchev–Trinajstić information content (AvgIpc) is 3.75. The molecule has 0 spiro atoms. The van der Waals surface area contributed by atoms with E-state index >= 15 is 0 Å². The fraction of sp³-hybridized carbons (Fsp3) is 0.357. The Labute approximate surface area is 239 Å². The molecule has 1 N–H and O–H groups in total. The van der Waals surface area contributed by atoms with E-state index in [9.17, 15) is 9.59 Å². The van der Waals surface area contributed by atoms with Crippen molar-refractivity contribution in [3.63, 3.8) is 0 Å². The van der Waals surface area contributed by atoms with Crippen LogP contribution < -0.4 is 5.32 Å². The summed E-state index contributed by atoms with van der Waals surface area (Å²) in [4.78, 5) is 28.1. The molecule has 204 valence electrons. The maximum absolute atomic E-state index is 13.1. The molecule has 0 aliphatic carbocycles. The Morgan fingerprint density at radius 3 is 2.74 bits per heavy atom. The summed E-state index contributed by atoms with van der Waals surface area (Å²) in [6, 6.07) is 11.8. The minimum atomic E-state index is -0.482. The summed E-state index contributed by atoms with van der Waals surface area (Å²) in [5, 5.41) is 15.1. The van der Waals surface area contributed by atoms with Crippen LogP contribution in [0, 0.1) is 6.92 Å². The fourth-order valence-electron chi connectivity index (χ4n) is 4.62. The number of carbonyl (C=O) groups is 2. The number of thiophene rings is 2. The van der Waals surface area contributed by atoms with Crippen LogP contribution in [0.2, 0.25) is 0 Å². The van der Waals surface area contributed by atoms with Gasteiger partial charge in [0, 0.05) is 32.9 Å². The van der Waals surface area contributed by atoms with Gasteiger partial charge < -0.3 is 14.8 Å². The highest BCUT2D eigenvalue weighted by Gasteiger charge is 2.26. The summed E-state index contributed by atoms with van der Waals surface area (Å²) in [6.45, 7) is 5.48. The smallest absolute Gasteiger partial charge is 0.341 e. The molecule has 11 heteroatoms. The predicted molar refractivity (Wildman–Crippen MR) is 157 cm³/mol. The van der Waals surface area contributed by atoms with Crippen LogP contribution in [0.25, 0.3) is 22.5 Å². The summed E-state index contributed by atoms with van der Waals surface area (Å²) >= 11 is 4.41. The van der Waals surface area contributed by atoms with Gasteiger partial charge in [-0.2, -0.15) is 0 Å². The van der Waals surface area contributed by atoms with Crippen LogP contribution in [0.15, 0.2) is 46.9 Å². The maximum atomic E-state index is 13.1. The number of aromatic nitrogens is 3. The molecule has 1 unspecified atom stereocenters. The fourth-order valence-corrected chi connectivity index (χ4v) is 7.27. The lowest BCUT2D eigenvalue weighted by atomic mass is 10.0. The molecule has 3 aromatic heterocycles. The molecule has 1 fully saturated rings. The topological polar surface area (TPSA) is 95.3 Å². The summed E-state index contributed by atoms with van der Waals surface area (Å²) in [6.07, 6.45) is 3.10. The molecule has 1 amide bonds. The van der Waals surface area contributed by atoms with E-state index in [-0.39, 0.29) is 17.8 Å². The zero-order chi connectivity index (χ0) is 27.4. The minimum Gasteiger partial charge on any atom is -0.465 e. The van der Waals surface area contributed by atoms with Crippen LogP contribution in [0.4, 0.5) is 5.00 Å². The highest BCUT2D eigenvalue weighted by atomic mass is 32.2. The molecule has 5 rings (SSSR count). The Morgan fingerprint density at radius 1 is 1.23 bits per heavy atom. The van der Waals surface area contributed by atoms with E-state index in [2.05, 4.69) is 38.5 Å². The van der Waals surface area contributed by atoms with Gasteiger partial charge in [0.25, 0.3) is 0 Å². The van der Waals surface area contributed by atoms with E-state index in [0.717, 1.165) is 53.3 Å². The number of carbonyl (C=O) groups excluding carboxylic acids is 2. The number of rotatable bonds is 10. The number of nitrogens with zero attached hydrogens (tertiary/aromatic N) is 3. The van der Waals surface area contributed by atoms with Crippen LogP contribution in [-0.4, -0.2) is 52.2 Å². The molecule has 0 radical (unpaired) electrons. The number of hydrogen-bond acceptors (Lipinski definition) is 9. The monoisotopic (exact) mass is 582 g/mol. The van der Waals surface area contributed by atoms with Gasteiger partial charge in [-0.25, -0.2) is 4.79 Å². The first-order valence-corrected chi connectivity index (χ1v) is 15.5. The number of methoxy groups -OCH3 is 1. The Balaban J connectivity index is 1.36. The second-order valence-electron chi connectivity index (χ2n) is 9.14. The SMILES string of the molecule is CCc1cc(-c2nnc(SCC(=O)Nc3sc(C)c(-c4ccccc4)c3C(=O)OC)n2CC2CCCO2)cs1. The number of aryl methyl sites for hydroxylation is 2. The third kappa shape index (κ3) is 6.11. The van der Waals surface area contributed by atoms with E-state index in [1.54, 1.807) is 11.3 Å². The van der Waals surface area contributed by atoms with Crippen molar-refractivity contribution < 1.29 is 19.1 Å². The van der Waals surface area contributed by atoms with E-state index in [4.69, 9.17) is 9.47 Å². The van der Waals surface area contributed by atoms with Crippen molar-refractivity contribution in [1.82, 2.24) is 14.8 Å². The lowest BCUT2D eigenvalue weighted by molar-refractivity contribution is -0.113. The molecule has 0 saturated carbocycles. The van der Waals surface area contributed by atoms with Gasteiger partial charge >= 0.3 is 5.97 Å². The molecular weight excluding hydrogens is 553 g/mol. The molecular formula is C28H30N4O4S3. The van der Waals surface area contributed by atoms with E-state index < -0.39 is 5.97 Å². The number of benzene rings is 1. The molecule has 1 saturated heterocycles. The molecule has 4 heterocycles. The van der Waals surface area contributed by atoms with E-state index in [1.165, 1.54) is 35.1 Å². The first-order valence-electron chi connectivity index (χ1n) is 12.8. The first kappa shape index (κ1) is 27.6. The average molecular weight is 583 g/mol. The number of hydrogen-bond donors (Lipinski definition) is 1. The summed E-state index contributed by atoms with van der Waals surface area (Å²) in [7, 11) is 1.35. The van der Waals surface area contributed by atoms with Crippen LogP contribution in [-0.2, 0) is 27.2 Å². The molecule has 1 aliphatic rings. The van der Waals surface area contributed by atoms with E-state index in [0.29, 0.717) is 22.3 Å². The van der Waals surface area contributed by atoms with Crippen molar-refractivity contribution in [2.75, 3.05) is 24.8 Å². The lowest BCUT2D eigenvalue weighted by Gasteiger charge is -2.14. The van der Waals surface area contributed by atoms with Crippen molar-refractivity contribution in [3.05, 3.63) is 57.1 Å².